The molecule has 2 aromatic heterocycles. The van der Waals surface area contributed by atoms with Gasteiger partial charge in [0.25, 0.3) is 0 Å². The smallest absolute Gasteiger partial charge is 0.746 e. The van der Waals surface area contributed by atoms with Gasteiger partial charge in [-0.3, -0.25) is 25.3 Å². The molecule has 2 heterocycles. The number of rotatable bonds is 4. The Morgan fingerprint density at radius 2 is 0.923 bits per heavy atom. The molecule has 0 spiro atoms. The van der Waals surface area contributed by atoms with Crippen molar-refractivity contribution >= 4 is 12.2 Å². The van der Waals surface area contributed by atoms with Crippen LogP contribution in [-0.4, -0.2) is 0 Å². The van der Waals surface area contributed by atoms with Crippen molar-refractivity contribution in [3.05, 3.63) is 60.2 Å². The predicted octanol–water partition coefficient (Wildman–Crippen LogP) is 7.46. The normalized spacial score (nSPS) is 6.77. The second-order valence-electron chi connectivity index (χ2n) is 3.23. The van der Waals surface area contributed by atoms with Gasteiger partial charge < -0.3 is 21.4 Å². The van der Waals surface area contributed by atoms with Crippen LogP contribution in [0.5, 0.6) is 0 Å². The molecular formula is C23H42N2Pt. The van der Waals surface area contributed by atoms with Gasteiger partial charge in [0.1, 0.15) is 0 Å². The minimum absolute atomic E-state index is 0. The van der Waals surface area contributed by atoms with Gasteiger partial charge in [0, 0.05) is 0 Å². The van der Waals surface area contributed by atoms with Gasteiger partial charge in [0.05, 0.1) is 0 Å². The van der Waals surface area contributed by atoms with Gasteiger partial charge in [-0.05, 0) is 6.42 Å². The van der Waals surface area contributed by atoms with Crippen LogP contribution in [-0.2, 0) is 27.5 Å². The minimum Gasteiger partial charge on any atom is -0.746 e. The quantitative estimate of drug-likeness (QED) is 0.376. The molecule has 2 nitrogen and oxygen atoms in total. The molecule has 0 unspecified atom stereocenters. The van der Waals surface area contributed by atoms with Crippen molar-refractivity contribution in [3.8, 4) is 0 Å². The maximum Gasteiger partial charge on any atom is 4.00 e. The monoisotopic (exact) mass is 541 g/mol. The fourth-order valence-corrected chi connectivity index (χ4v) is 1.41. The summed E-state index contributed by atoms with van der Waals surface area (Å²) in [7, 11) is 0. The molecule has 0 fully saturated rings. The Kier molecular flexibility index (Phi) is 48.1. The van der Waals surface area contributed by atoms with E-state index in [-0.39, 0.29) is 35.9 Å². The maximum atomic E-state index is 5.36. The van der Waals surface area contributed by atoms with Gasteiger partial charge in [-0.2, -0.15) is 23.5 Å². The third kappa shape index (κ3) is 17.5. The molecule has 0 amide bonds. The molecule has 2 rings (SSSR count). The molecule has 0 radical (unpaired) electrons. The SMILES string of the molecule is C.C.CC.CC.CC.CC.[CH-]=Cc1ccc(Cc2ccc(C=[CH-])[n-]2)[n-]1.[Pt+4]. The molecule has 0 aromatic carbocycles. The van der Waals surface area contributed by atoms with E-state index in [9.17, 15) is 0 Å². The average Bonchev–Trinajstić information content (AvgIpc) is 3.31. The van der Waals surface area contributed by atoms with Gasteiger partial charge in [-0.15, -0.1) is 12.1 Å². The van der Waals surface area contributed by atoms with Crippen LogP contribution in [0.25, 0.3) is 12.2 Å². The first-order valence-corrected chi connectivity index (χ1v) is 8.67. The van der Waals surface area contributed by atoms with Crippen molar-refractivity contribution in [2.24, 2.45) is 0 Å². The zero-order chi connectivity index (χ0) is 18.7. The Hall–Kier alpha value is -1.27. The van der Waals surface area contributed by atoms with E-state index in [4.69, 9.17) is 13.2 Å². The summed E-state index contributed by atoms with van der Waals surface area (Å²) in [6.45, 7) is 26.7. The summed E-state index contributed by atoms with van der Waals surface area (Å²) in [5, 5.41) is 0. The molecule has 154 valence electrons. The molecule has 0 atom stereocenters. The molecule has 0 bridgehead atoms. The van der Waals surface area contributed by atoms with Crippen LogP contribution in [0, 0.1) is 13.2 Å². The summed E-state index contributed by atoms with van der Waals surface area (Å²) in [5.74, 6) is 0. The zero-order valence-electron chi connectivity index (χ0n) is 16.5. The molecule has 3 heteroatoms. The molecule has 0 aliphatic rings. The summed E-state index contributed by atoms with van der Waals surface area (Å²) >= 11 is 0. The Bertz CT molecular complexity index is 438. The van der Waals surface area contributed by atoms with Crippen molar-refractivity contribution in [2.75, 3.05) is 0 Å². The summed E-state index contributed by atoms with van der Waals surface area (Å²) in [6.07, 6.45) is 3.68. The van der Waals surface area contributed by atoms with Crippen molar-refractivity contribution < 1.29 is 21.1 Å². The molecule has 26 heavy (non-hydrogen) atoms. The second kappa shape index (κ2) is 31.5. The second-order valence-corrected chi connectivity index (χ2v) is 3.23. The summed E-state index contributed by atoms with van der Waals surface area (Å²) < 4.78 is 0. The van der Waals surface area contributed by atoms with Crippen LogP contribution in [0.3, 0.4) is 0 Å². The van der Waals surface area contributed by atoms with Gasteiger partial charge >= 0.3 is 21.1 Å². The fourth-order valence-electron chi connectivity index (χ4n) is 1.41. The first-order chi connectivity index (χ1) is 11.3. The zero-order valence-corrected chi connectivity index (χ0v) is 18.8. The van der Waals surface area contributed by atoms with Crippen LogP contribution in [0.4, 0.5) is 0 Å². The Labute approximate surface area is 179 Å². The van der Waals surface area contributed by atoms with Crippen LogP contribution in [0.1, 0.15) is 93.0 Å². The molecule has 0 saturated carbocycles. The Balaban J connectivity index is -0.0000000811. The summed E-state index contributed by atoms with van der Waals surface area (Å²) in [5.41, 5.74) is 3.52. The molecule has 0 N–H and O–H groups in total. The molecule has 0 aliphatic heterocycles. The van der Waals surface area contributed by atoms with E-state index in [1.807, 2.05) is 79.7 Å². The van der Waals surface area contributed by atoms with Crippen molar-refractivity contribution in [2.45, 2.75) is 76.7 Å². The molecule has 0 saturated heterocycles. The molecule has 0 aliphatic carbocycles. The van der Waals surface area contributed by atoms with E-state index >= 15 is 0 Å². The predicted molar refractivity (Wildman–Crippen MR) is 119 cm³/mol. The van der Waals surface area contributed by atoms with Crippen molar-refractivity contribution in [1.29, 1.82) is 0 Å². The number of nitrogens with zero attached hydrogens (tertiary/aromatic N) is 2. The maximum absolute atomic E-state index is 5.36. The van der Waals surface area contributed by atoms with E-state index in [1.165, 1.54) is 12.2 Å². The number of hydrogen-bond acceptors (Lipinski definition) is 0. The average molecular weight is 542 g/mol. The van der Waals surface area contributed by atoms with E-state index in [0.717, 1.165) is 22.8 Å². The van der Waals surface area contributed by atoms with Gasteiger partial charge in [0.15, 0.2) is 0 Å². The fraction of sp³-hybridized carbons (Fsp3) is 0.478. The summed E-state index contributed by atoms with van der Waals surface area (Å²) in [6, 6.07) is 7.65. The van der Waals surface area contributed by atoms with Gasteiger partial charge in [-0.25, -0.2) is 0 Å². The van der Waals surface area contributed by atoms with E-state index in [1.54, 1.807) is 0 Å². The minimum atomic E-state index is 0. The van der Waals surface area contributed by atoms with Crippen LogP contribution < -0.4 is 9.97 Å². The van der Waals surface area contributed by atoms with Crippen LogP contribution in [0.2, 0.25) is 0 Å². The van der Waals surface area contributed by atoms with Crippen molar-refractivity contribution in [1.82, 2.24) is 9.97 Å². The molecular weight excluding hydrogens is 499 g/mol. The third-order valence-corrected chi connectivity index (χ3v) is 2.14. The van der Waals surface area contributed by atoms with E-state index in [2.05, 4.69) is 9.97 Å². The van der Waals surface area contributed by atoms with Crippen molar-refractivity contribution in [3.63, 3.8) is 0 Å². The third-order valence-electron chi connectivity index (χ3n) is 2.14. The van der Waals surface area contributed by atoms with Gasteiger partial charge in [0.2, 0.25) is 0 Å². The number of aromatic nitrogens is 2. The first kappa shape index (κ1) is 39.7. The number of hydrogen-bond donors (Lipinski definition) is 0. The van der Waals surface area contributed by atoms with Crippen LogP contribution in [0.15, 0.2) is 24.3 Å². The first-order valence-electron chi connectivity index (χ1n) is 8.67. The van der Waals surface area contributed by atoms with Gasteiger partial charge in [-0.1, -0.05) is 70.2 Å². The van der Waals surface area contributed by atoms with Crippen LogP contribution >= 0.6 is 0 Å². The Morgan fingerprint density at radius 3 is 1.12 bits per heavy atom. The summed E-state index contributed by atoms with van der Waals surface area (Å²) in [4.78, 5) is 8.59. The molecule has 2 aromatic rings. The Morgan fingerprint density at radius 1 is 0.654 bits per heavy atom. The van der Waals surface area contributed by atoms with E-state index < -0.39 is 0 Å². The largest absolute Gasteiger partial charge is 4.00 e. The topological polar surface area (TPSA) is 28.2 Å². The standard InChI is InChI=1S/C13H10N2.4C2H6.2CH4.Pt/c1-3-10-5-7-12(14-10)9-13-8-6-11(4-2)15-13;4*1-2;;;/h1-8H,9H2;4*1-2H3;2*1H4;/q-4;;;;;;;+4. The van der Waals surface area contributed by atoms with E-state index in [0.29, 0.717) is 6.42 Å².